The number of amides is 1. The Morgan fingerprint density at radius 3 is 2.39 bits per heavy atom. The molecule has 2 aliphatic carbocycles. The maximum atomic E-state index is 12.8. The van der Waals surface area contributed by atoms with E-state index >= 15 is 0 Å². The van der Waals surface area contributed by atoms with Gasteiger partial charge in [0.15, 0.2) is 0 Å². The number of carbonyl (C=O) groups is 1. The van der Waals surface area contributed by atoms with E-state index < -0.39 is 0 Å². The van der Waals surface area contributed by atoms with E-state index in [1.54, 1.807) is 0 Å². The summed E-state index contributed by atoms with van der Waals surface area (Å²) in [5, 5.41) is 0. The number of nitrogens with two attached hydrogens (primary N) is 1. The van der Waals surface area contributed by atoms with E-state index in [4.69, 9.17) is 5.73 Å². The summed E-state index contributed by atoms with van der Waals surface area (Å²) in [5.41, 5.74) is 5.73. The van der Waals surface area contributed by atoms with E-state index in [1.165, 1.54) is 25.7 Å². The smallest absolute Gasteiger partial charge is 0.230 e. The molecule has 18 heavy (non-hydrogen) atoms. The number of nitrogens with zero attached hydrogens (tertiary/aromatic N) is 1. The molecule has 0 atom stereocenters. The molecule has 2 rings (SSSR count). The molecule has 3 heteroatoms. The SMILES string of the molecule is CC(C)CCN(C(=O)C1(CN)CCCC1)C1CC1. The Balaban J connectivity index is 2.02. The van der Waals surface area contributed by atoms with Gasteiger partial charge in [-0.25, -0.2) is 0 Å². The maximum Gasteiger partial charge on any atom is 0.230 e. The third kappa shape index (κ3) is 2.87. The van der Waals surface area contributed by atoms with E-state index in [0.717, 1.165) is 25.8 Å². The second-order valence-electron chi connectivity index (χ2n) is 6.60. The lowest BCUT2D eigenvalue weighted by Gasteiger charge is -2.34. The van der Waals surface area contributed by atoms with Crippen LogP contribution in [0.15, 0.2) is 0 Å². The highest BCUT2D eigenvalue weighted by Crippen LogP contribution is 2.41. The Labute approximate surface area is 111 Å². The first-order valence-corrected chi connectivity index (χ1v) is 7.60. The van der Waals surface area contributed by atoms with Gasteiger partial charge in [0.2, 0.25) is 5.91 Å². The first-order valence-electron chi connectivity index (χ1n) is 7.60. The van der Waals surface area contributed by atoms with Crippen LogP contribution >= 0.6 is 0 Å². The monoisotopic (exact) mass is 252 g/mol. The first kappa shape index (κ1) is 13.9. The summed E-state index contributed by atoms with van der Waals surface area (Å²) in [4.78, 5) is 15.0. The van der Waals surface area contributed by atoms with Crippen LogP contribution in [-0.2, 0) is 4.79 Å². The highest BCUT2D eigenvalue weighted by Gasteiger charge is 2.45. The Morgan fingerprint density at radius 1 is 1.33 bits per heavy atom. The van der Waals surface area contributed by atoms with Gasteiger partial charge in [-0.2, -0.15) is 0 Å². The van der Waals surface area contributed by atoms with Gasteiger partial charge in [0.25, 0.3) is 0 Å². The molecule has 0 saturated heterocycles. The molecule has 0 aliphatic heterocycles. The molecular weight excluding hydrogens is 224 g/mol. The van der Waals surface area contributed by atoms with Crippen LogP contribution < -0.4 is 5.73 Å². The summed E-state index contributed by atoms with van der Waals surface area (Å²) in [7, 11) is 0. The van der Waals surface area contributed by atoms with E-state index in [-0.39, 0.29) is 5.41 Å². The molecule has 3 nitrogen and oxygen atoms in total. The van der Waals surface area contributed by atoms with Gasteiger partial charge >= 0.3 is 0 Å². The van der Waals surface area contributed by atoms with Crippen LogP contribution in [0, 0.1) is 11.3 Å². The molecule has 1 amide bonds. The molecule has 0 aromatic rings. The third-order valence-electron chi connectivity index (χ3n) is 4.60. The molecule has 0 unspecified atom stereocenters. The van der Waals surface area contributed by atoms with Gasteiger partial charge in [-0.1, -0.05) is 26.7 Å². The van der Waals surface area contributed by atoms with Crippen LogP contribution in [0.25, 0.3) is 0 Å². The molecule has 104 valence electrons. The molecule has 0 spiro atoms. The van der Waals surface area contributed by atoms with E-state index in [9.17, 15) is 4.79 Å². The molecule has 0 aromatic carbocycles. The standard InChI is InChI=1S/C15H28N2O/c1-12(2)7-10-17(13-5-6-13)14(18)15(11-16)8-3-4-9-15/h12-13H,3-11,16H2,1-2H3. The van der Waals surface area contributed by atoms with E-state index in [1.807, 2.05) is 0 Å². The van der Waals surface area contributed by atoms with Gasteiger partial charge in [-0.3, -0.25) is 4.79 Å². The van der Waals surface area contributed by atoms with Crippen LogP contribution in [0.5, 0.6) is 0 Å². The predicted octanol–water partition coefficient (Wildman–Crippen LogP) is 2.54. The predicted molar refractivity (Wildman–Crippen MR) is 74.1 cm³/mol. The topological polar surface area (TPSA) is 46.3 Å². The second kappa shape index (κ2) is 5.60. The summed E-state index contributed by atoms with van der Waals surface area (Å²) in [5.74, 6) is 1.03. The van der Waals surface area contributed by atoms with Crippen LogP contribution in [0.3, 0.4) is 0 Å². The zero-order valence-electron chi connectivity index (χ0n) is 12.0. The van der Waals surface area contributed by atoms with Gasteiger partial charge < -0.3 is 10.6 Å². The van der Waals surface area contributed by atoms with Crippen molar-refractivity contribution >= 4 is 5.91 Å². The summed E-state index contributed by atoms with van der Waals surface area (Å²) in [6, 6.07) is 0.528. The fraction of sp³-hybridized carbons (Fsp3) is 0.933. The summed E-state index contributed by atoms with van der Waals surface area (Å²) in [6.07, 6.45) is 7.87. The lowest BCUT2D eigenvalue weighted by Crippen LogP contribution is -2.48. The highest BCUT2D eigenvalue weighted by atomic mass is 16.2. The van der Waals surface area contributed by atoms with Gasteiger partial charge in [0.05, 0.1) is 5.41 Å². The molecule has 0 radical (unpaired) electrons. The number of hydrogen-bond donors (Lipinski definition) is 1. The molecule has 2 N–H and O–H groups in total. The largest absolute Gasteiger partial charge is 0.339 e. The Kier molecular flexibility index (Phi) is 4.31. The summed E-state index contributed by atoms with van der Waals surface area (Å²) in [6.45, 7) is 5.92. The molecular formula is C15H28N2O. The normalized spacial score (nSPS) is 22.4. The third-order valence-corrected chi connectivity index (χ3v) is 4.60. The quantitative estimate of drug-likeness (QED) is 0.789. The van der Waals surface area contributed by atoms with Crippen molar-refractivity contribution in [1.82, 2.24) is 4.90 Å². The number of hydrogen-bond acceptors (Lipinski definition) is 2. The lowest BCUT2D eigenvalue weighted by atomic mass is 9.84. The van der Waals surface area contributed by atoms with E-state index in [2.05, 4.69) is 18.7 Å². The van der Waals surface area contributed by atoms with E-state index in [0.29, 0.717) is 24.4 Å². The van der Waals surface area contributed by atoms with Crippen molar-refractivity contribution in [3.05, 3.63) is 0 Å². The fourth-order valence-corrected chi connectivity index (χ4v) is 3.10. The minimum Gasteiger partial charge on any atom is -0.339 e. The van der Waals surface area contributed by atoms with Crippen LogP contribution in [0.2, 0.25) is 0 Å². The Morgan fingerprint density at radius 2 is 1.94 bits per heavy atom. The molecule has 0 aromatic heterocycles. The second-order valence-corrected chi connectivity index (χ2v) is 6.60. The van der Waals surface area contributed by atoms with Crippen molar-refractivity contribution in [3.8, 4) is 0 Å². The summed E-state index contributed by atoms with van der Waals surface area (Å²) >= 11 is 0. The summed E-state index contributed by atoms with van der Waals surface area (Å²) < 4.78 is 0. The molecule has 0 heterocycles. The Hall–Kier alpha value is -0.570. The van der Waals surface area contributed by atoms with Crippen LogP contribution in [0.1, 0.15) is 58.8 Å². The Bertz CT molecular complexity index is 291. The highest BCUT2D eigenvalue weighted by molar-refractivity contribution is 5.84. The molecule has 2 fully saturated rings. The van der Waals surface area contributed by atoms with Crippen molar-refractivity contribution in [3.63, 3.8) is 0 Å². The van der Waals surface area contributed by atoms with Crippen LogP contribution in [0.4, 0.5) is 0 Å². The van der Waals surface area contributed by atoms with Crippen molar-refractivity contribution < 1.29 is 4.79 Å². The zero-order chi connectivity index (χ0) is 13.2. The molecule has 2 saturated carbocycles. The zero-order valence-corrected chi connectivity index (χ0v) is 12.0. The minimum atomic E-state index is -0.209. The number of carbonyl (C=O) groups excluding carboxylic acids is 1. The minimum absolute atomic E-state index is 0.209. The van der Waals surface area contributed by atoms with Crippen molar-refractivity contribution in [2.45, 2.75) is 64.8 Å². The van der Waals surface area contributed by atoms with Gasteiger partial charge in [0.1, 0.15) is 0 Å². The van der Waals surface area contributed by atoms with Crippen molar-refractivity contribution in [2.75, 3.05) is 13.1 Å². The first-order chi connectivity index (χ1) is 8.59. The number of rotatable bonds is 6. The fourth-order valence-electron chi connectivity index (χ4n) is 3.10. The molecule has 0 bridgehead atoms. The lowest BCUT2D eigenvalue weighted by molar-refractivity contribution is -0.142. The van der Waals surface area contributed by atoms with Crippen molar-refractivity contribution in [1.29, 1.82) is 0 Å². The average molecular weight is 252 g/mol. The van der Waals surface area contributed by atoms with Crippen LogP contribution in [-0.4, -0.2) is 29.9 Å². The maximum absolute atomic E-state index is 12.8. The van der Waals surface area contributed by atoms with Gasteiger partial charge in [-0.15, -0.1) is 0 Å². The van der Waals surface area contributed by atoms with Gasteiger partial charge in [-0.05, 0) is 38.0 Å². The molecule has 2 aliphatic rings. The van der Waals surface area contributed by atoms with Gasteiger partial charge in [0, 0.05) is 19.1 Å². The van der Waals surface area contributed by atoms with Crippen molar-refractivity contribution in [2.24, 2.45) is 17.1 Å². The average Bonchev–Trinajstić information content (AvgIpc) is 3.06.